The van der Waals surface area contributed by atoms with Crippen LogP contribution < -0.4 is 5.32 Å². The summed E-state index contributed by atoms with van der Waals surface area (Å²) in [6.45, 7) is 1.77. The molecule has 5 heteroatoms. The number of carbonyl (C=O) groups is 1. The molecule has 1 saturated heterocycles. The number of carbonyl (C=O) groups excluding carboxylic acids is 1. The van der Waals surface area contributed by atoms with Gasteiger partial charge in [-0.25, -0.2) is 4.79 Å². The van der Waals surface area contributed by atoms with E-state index in [0.29, 0.717) is 13.2 Å². The van der Waals surface area contributed by atoms with Crippen molar-refractivity contribution in [3.8, 4) is 0 Å². The fraction of sp³-hybridized carbons (Fsp3) is 0.533. The fourth-order valence-corrected chi connectivity index (χ4v) is 2.59. The highest BCUT2D eigenvalue weighted by Crippen LogP contribution is 2.17. The van der Waals surface area contributed by atoms with E-state index >= 15 is 0 Å². The molecule has 2 N–H and O–H groups in total. The number of amides is 2. The lowest BCUT2D eigenvalue weighted by atomic mass is 10.1. The number of nitrogens with zero attached hydrogens (tertiary/aromatic N) is 1. The number of aliphatic hydroxyl groups is 1. The van der Waals surface area contributed by atoms with Gasteiger partial charge in [-0.15, -0.1) is 0 Å². The van der Waals surface area contributed by atoms with E-state index in [9.17, 15) is 9.90 Å². The molecule has 1 aromatic carbocycles. The minimum Gasteiger partial charge on any atom is -0.394 e. The lowest BCUT2D eigenvalue weighted by Gasteiger charge is -2.23. The summed E-state index contributed by atoms with van der Waals surface area (Å²) in [5, 5.41) is 12.2. The molecule has 20 heavy (non-hydrogen) atoms. The molecule has 0 saturated carbocycles. The molecule has 5 nitrogen and oxygen atoms in total. The average Bonchev–Trinajstić information content (AvgIpc) is 2.95. The molecule has 0 aliphatic carbocycles. The summed E-state index contributed by atoms with van der Waals surface area (Å²) in [5.41, 5.74) is 2.14. The van der Waals surface area contributed by atoms with Gasteiger partial charge in [-0.3, -0.25) is 0 Å². The van der Waals surface area contributed by atoms with E-state index in [-0.39, 0.29) is 18.7 Å². The van der Waals surface area contributed by atoms with Gasteiger partial charge in [0.2, 0.25) is 0 Å². The van der Waals surface area contributed by atoms with Crippen molar-refractivity contribution in [2.45, 2.75) is 32.0 Å². The summed E-state index contributed by atoms with van der Waals surface area (Å²) in [7, 11) is 1.66. The van der Waals surface area contributed by atoms with E-state index in [1.54, 1.807) is 12.0 Å². The van der Waals surface area contributed by atoms with Gasteiger partial charge >= 0.3 is 6.03 Å². The van der Waals surface area contributed by atoms with Crippen molar-refractivity contribution in [2.24, 2.45) is 0 Å². The van der Waals surface area contributed by atoms with Crippen molar-refractivity contribution in [2.75, 3.05) is 20.3 Å². The van der Waals surface area contributed by atoms with Gasteiger partial charge in [-0.05, 0) is 24.0 Å². The maximum Gasteiger partial charge on any atom is 0.317 e. The van der Waals surface area contributed by atoms with Gasteiger partial charge in [0.05, 0.1) is 19.3 Å². The third-order valence-electron chi connectivity index (χ3n) is 3.70. The number of benzene rings is 1. The van der Waals surface area contributed by atoms with Crippen LogP contribution in [-0.2, 0) is 17.9 Å². The number of rotatable bonds is 5. The summed E-state index contributed by atoms with van der Waals surface area (Å²) in [6.07, 6.45) is 1.84. The van der Waals surface area contributed by atoms with Gasteiger partial charge in [0, 0.05) is 20.2 Å². The SMILES string of the molecule is COCc1ccccc1CNC(=O)N1CCCC1CO. The summed E-state index contributed by atoms with van der Waals surface area (Å²) >= 11 is 0. The summed E-state index contributed by atoms with van der Waals surface area (Å²) < 4.78 is 5.15. The predicted octanol–water partition coefficient (Wildman–Crippen LogP) is 1.50. The molecule has 0 bridgehead atoms. The van der Waals surface area contributed by atoms with E-state index in [4.69, 9.17) is 4.74 Å². The van der Waals surface area contributed by atoms with Gasteiger partial charge in [0.25, 0.3) is 0 Å². The Bertz CT molecular complexity index is 450. The summed E-state index contributed by atoms with van der Waals surface area (Å²) in [5.74, 6) is 0. The Hall–Kier alpha value is -1.59. The lowest BCUT2D eigenvalue weighted by Crippen LogP contribution is -2.43. The predicted molar refractivity (Wildman–Crippen MR) is 76.2 cm³/mol. The van der Waals surface area contributed by atoms with Crippen molar-refractivity contribution in [3.05, 3.63) is 35.4 Å². The number of methoxy groups -OCH3 is 1. The Morgan fingerprint density at radius 3 is 2.90 bits per heavy atom. The van der Waals surface area contributed by atoms with E-state index in [2.05, 4.69) is 5.32 Å². The molecule has 0 radical (unpaired) electrons. The molecule has 0 spiro atoms. The van der Waals surface area contributed by atoms with Crippen LogP contribution in [-0.4, -0.2) is 42.3 Å². The van der Waals surface area contributed by atoms with E-state index in [1.807, 2.05) is 24.3 Å². The Morgan fingerprint density at radius 2 is 2.20 bits per heavy atom. The molecule has 1 aromatic rings. The normalized spacial score (nSPS) is 18.3. The molecule has 1 fully saturated rings. The quantitative estimate of drug-likeness (QED) is 0.858. The Kier molecular flexibility index (Phi) is 5.38. The first kappa shape index (κ1) is 14.8. The van der Waals surface area contributed by atoms with Crippen LogP contribution in [0, 0.1) is 0 Å². The third kappa shape index (κ3) is 3.49. The molecular formula is C15H22N2O3. The number of hydrogen-bond donors (Lipinski definition) is 2. The second kappa shape index (κ2) is 7.26. The fourth-order valence-electron chi connectivity index (χ4n) is 2.59. The van der Waals surface area contributed by atoms with E-state index < -0.39 is 0 Å². The van der Waals surface area contributed by atoms with Crippen molar-refractivity contribution >= 4 is 6.03 Å². The molecule has 2 amide bonds. The topological polar surface area (TPSA) is 61.8 Å². The Balaban J connectivity index is 1.93. The van der Waals surface area contributed by atoms with Crippen LogP contribution in [0.25, 0.3) is 0 Å². The summed E-state index contributed by atoms with van der Waals surface area (Å²) in [6, 6.07) is 7.76. The molecule has 1 aliphatic heterocycles. The number of aliphatic hydroxyl groups excluding tert-OH is 1. The first-order valence-electron chi connectivity index (χ1n) is 6.97. The standard InChI is InChI=1S/C15H22N2O3/c1-20-11-13-6-3-2-5-12(13)9-16-15(19)17-8-4-7-14(17)10-18/h2-3,5-6,14,18H,4,7-11H2,1H3,(H,16,19). The van der Waals surface area contributed by atoms with Gasteiger partial charge in [-0.2, -0.15) is 0 Å². The molecule has 110 valence electrons. The zero-order valence-electron chi connectivity index (χ0n) is 11.8. The van der Waals surface area contributed by atoms with E-state index in [0.717, 1.165) is 30.5 Å². The van der Waals surface area contributed by atoms with Gasteiger partial charge in [0.15, 0.2) is 0 Å². The zero-order valence-corrected chi connectivity index (χ0v) is 11.8. The largest absolute Gasteiger partial charge is 0.394 e. The van der Waals surface area contributed by atoms with Gasteiger partial charge in [-0.1, -0.05) is 24.3 Å². The Labute approximate surface area is 119 Å². The summed E-state index contributed by atoms with van der Waals surface area (Å²) in [4.78, 5) is 13.9. The van der Waals surface area contributed by atoms with Crippen LogP contribution in [0.2, 0.25) is 0 Å². The number of urea groups is 1. The molecule has 1 unspecified atom stereocenters. The second-order valence-corrected chi connectivity index (χ2v) is 5.03. The smallest absolute Gasteiger partial charge is 0.317 e. The minimum atomic E-state index is -0.103. The maximum absolute atomic E-state index is 12.1. The van der Waals surface area contributed by atoms with Crippen molar-refractivity contribution in [1.82, 2.24) is 10.2 Å². The van der Waals surface area contributed by atoms with Crippen LogP contribution in [0.1, 0.15) is 24.0 Å². The Morgan fingerprint density at radius 1 is 1.45 bits per heavy atom. The van der Waals surface area contributed by atoms with Crippen LogP contribution >= 0.6 is 0 Å². The molecule has 1 atom stereocenters. The number of likely N-dealkylation sites (tertiary alicyclic amines) is 1. The minimum absolute atomic E-state index is 0.0354. The molecular weight excluding hydrogens is 256 g/mol. The number of ether oxygens (including phenoxy) is 1. The van der Waals surface area contributed by atoms with Crippen LogP contribution in [0.5, 0.6) is 0 Å². The highest BCUT2D eigenvalue weighted by Gasteiger charge is 2.27. The number of hydrogen-bond acceptors (Lipinski definition) is 3. The first-order chi connectivity index (χ1) is 9.76. The molecule has 2 rings (SSSR count). The van der Waals surface area contributed by atoms with Crippen LogP contribution in [0.15, 0.2) is 24.3 Å². The van der Waals surface area contributed by atoms with Crippen LogP contribution in [0.3, 0.4) is 0 Å². The highest BCUT2D eigenvalue weighted by atomic mass is 16.5. The maximum atomic E-state index is 12.1. The van der Waals surface area contributed by atoms with Gasteiger partial charge < -0.3 is 20.1 Å². The molecule has 1 heterocycles. The first-order valence-corrected chi connectivity index (χ1v) is 6.97. The molecule has 1 aliphatic rings. The lowest BCUT2D eigenvalue weighted by molar-refractivity contribution is 0.156. The zero-order chi connectivity index (χ0) is 14.4. The van der Waals surface area contributed by atoms with Crippen molar-refractivity contribution < 1.29 is 14.6 Å². The van der Waals surface area contributed by atoms with E-state index in [1.165, 1.54) is 0 Å². The second-order valence-electron chi connectivity index (χ2n) is 5.03. The average molecular weight is 278 g/mol. The van der Waals surface area contributed by atoms with Crippen molar-refractivity contribution in [3.63, 3.8) is 0 Å². The monoisotopic (exact) mass is 278 g/mol. The van der Waals surface area contributed by atoms with Gasteiger partial charge in [0.1, 0.15) is 0 Å². The van der Waals surface area contributed by atoms with Crippen LogP contribution in [0.4, 0.5) is 4.79 Å². The molecule has 0 aromatic heterocycles. The van der Waals surface area contributed by atoms with Crippen molar-refractivity contribution in [1.29, 1.82) is 0 Å². The highest BCUT2D eigenvalue weighted by molar-refractivity contribution is 5.74. The number of nitrogens with one attached hydrogen (secondary N) is 1. The third-order valence-corrected chi connectivity index (χ3v) is 3.70.